The van der Waals surface area contributed by atoms with Crippen LogP contribution in [-0.2, 0) is 0 Å². The maximum absolute atomic E-state index is 5.94. The van der Waals surface area contributed by atoms with E-state index < -0.39 is 0 Å². The lowest BCUT2D eigenvalue weighted by atomic mass is 10.0. The van der Waals surface area contributed by atoms with Crippen LogP contribution in [0, 0.1) is 0 Å². The van der Waals surface area contributed by atoms with E-state index in [0.717, 1.165) is 26.2 Å². The Morgan fingerprint density at radius 1 is 1.29 bits per heavy atom. The first-order chi connectivity index (χ1) is 8.16. The number of benzene rings is 1. The van der Waals surface area contributed by atoms with Crippen LogP contribution in [0.5, 0.6) is 0 Å². The molecule has 0 spiro atoms. The SMILES string of the molecule is C[C@@H](N)CN1CCN(C)CC1c1ccccc1. The summed E-state index contributed by atoms with van der Waals surface area (Å²) in [6, 6.07) is 11.5. The molecule has 0 aliphatic carbocycles. The molecule has 3 nitrogen and oxygen atoms in total. The smallest absolute Gasteiger partial charge is 0.0476 e. The fourth-order valence-electron chi connectivity index (χ4n) is 2.54. The molecule has 2 atom stereocenters. The Morgan fingerprint density at radius 3 is 2.65 bits per heavy atom. The third-order valence-corrected chi connectivity index (χ3v) is 3.40. The highest BCUT2D eigenvalue weighted by molar-refractivity contribution is 5.20. The van der Waals surface area contributed by atoms with Crippen LogP contribution < -0.4 is 5.73 Å². The van der Waals surface area contributed by atoms with E-state index in [9.17, 15) is 0 Å². The molecule has 94 valence electrons. The van der Waals surface area contributed by atoms with E-state index in [4.69, 9.17) is 5.73 Å². The number of hydrogen-bond donors (Lipinski definition) is 1. The summed E-state index contributed by atoms with van der Waals surface area (Å²) in [7, 11) is 2.19. The fraction of sp³-hybridized carbons (Fsp3) is 0.571. The zero-order chi connectivity index (χ0) is 12.3. The summed E-state index contributed by atoms with van der Waals surface area (Å²) in [4.78, 5) is 4.91. The topological polar surface area (TPSA) is 32.5 Å². The van der Waals surface area contributed by atoms with Crippen molar-refractivity contribution in [2.24, 2.45) is 5.73 Å². The first kappa shape index (κ1) is 12.6. The second-order valence-corrected chi connectivity index (χ2v) is 5.16. The van der Waals surface area contributed by atoms with Crippen LogP contribution in [-0.4, -0.2) is 49.1 Å². The Balaban J connectivity index is 2.14. The van der Waals surface area contributed by atoms with Gasteiger partial charge in [0, 0.05) is 38.3 Å². The van der Waals surface area contributed by atoms with Crippen LogP contribution in [0.4, 0.5) is 0 Å². The molecule has 17 heavy (non-hydrogen) atoms. The zero-order valence-electron chi connectivity index (χ0n) is 10.8. The van der Waals surface area contributed by atoms with Crippen LogP contribution in [0.15, 0.2) is 30.3 Å². The van der Waals surface area contributed by atoms with Gasteiger partial charge in [-0.2, -0.15) is 0 Å². The zero-order valence-corrected chi connectivity index (χ0v) is 10.8. The molecule has 1 aromatic carbocycles. The van der Waals surface area contributed by atoms with Crippen LogP contribution >= 0.6 is 0 Å². The monoisotopic (exact) mass is 233 g/mol. The lowest BCUT2D eigenvalue weighted by molar-refractivity contribution is 0.0859. The Kier molecular flexibility index (Phi) is 4.15. The molecular weight excluding hydrogens is 210 g/mol. The lowest BCUT2D eigenvalue weighted by Gasteiger charge is -2.41. The van der Waals surface area contributed by atoms with E-state index in [1.807, 2.05) is 0 Å². The van der Waals surface area contributed by atoms with E-state index in [0.29, 0.717) is 6.04 Å². The first-order valence-electron chi connectivity index (χ1n) is 6.40. The van der Waals surface area contributed by atoms with Gasteiger partial charge in [0.15, 0.2) is 0 Å². The van der Waals surface area contributed by atoms with Gasteiger partial charge in [-0.15, -0.1) is 0 Å². The predicted octanol–water partition coefficient (Wildman–Crippen LogP) is 1.32. The highest BCUT2D eigenvalue weighted by atomic mass is 15.3. The Hall–Kier alpha value is -0.900. The molecule has 0 radical (unpaired) electrons. The van der Waals surface area contributed by atoms with Gasteiger partial charge in [-0.3, -0.25) is 4.90 Å². The molecule has 1 saturated heterocycles. The average molecular weight is 233 g/mol. The second-order valence-electron chi connectivity index (χ2n) is 5.16. The van der Waals surface area contributed by atoms with E-state index in [1.165, 1.54) is 5.56 Å². The van der Waals surface area contributed by atoms with Crippen molar-refractivity contribution in [1.29, 1.82) is 0 Å². The first-order valence-corrected chi connectivity index (χ1v) is 6.40. The number of nitrogens with two attached hydrogens (primary N) is 1. The molecule has 1 unspecified atom stereocenters. The van der Waals surface area contributed by atoms with Gasteiger partial charge < -0.3 is 10.6 Å². The molecule has 1 fully saturated rings. The molecular formula is C14H23N3. The van der Waals surface area contributed by atoms with Gasteiger partial charge in [0.25, 0.3) is 0 Å². The molecule has 0 bridgehead atoms. The van der Waals surface area contributed by atoms with Crippen molar-refractivity contribution in [3.63, 3.8) is 0 Å². The standard InChI is InChI=1S/C14H23N3/c1-12(15)10-17-9-8-16(2)11-14(17)13-6-4-3-5-7-13/h3-7,12,14H,8-11,15H2,1-2H3/t12-,14?/m1/s1. The molecule has 0 saturated carbocycles. The van der Waals surface area contributed by atoms with Crippen molar-refractivity contribution in [2.45, 2.75) is 19.0 Å². The van der Waals surface area contributed by atoms with Crippen molar-refractivity contribution < 1.29 is 0 Å². The van der Waals surface area contributed by atoms with Gasteiger partial charge in [0.05, 0.1) is 0 Å². The minimum absolute atomic E-state index is 0.240. The molecule has 0 amide bonds. The normalized spacial score (nSPS) is 24.8. The Labute approximate surface area is 104 Å². The summed E-state index contributed by atoms with van der Waals surface area (Å²) in [6.45, 7) is 6.40. The fourth-order valence-corrected chi connectivity index (χ4v) is 2.54. The average Bonchev–Trinajstić information content (AvgIpc) is 2.32. The van der Waals surface area contributed by atoms with Gasteiger partial charge in [0.2, 0.25) is 0 Å². The highest BCUT2D eigenvalue weighted by Gasteiger charge is 2.26. The van der Waals surface area contributed by atoms with Gasteiger partial charge in [0.1, 0.15) is 0 Å². The molecule has 2 N–H and O–H groups in total. The van der Waals surface area contributed by atoms with Gasteiger partial charge in [-0.1, -0.05) is 30.3 Å². The quantitative estimate of drug-likeness (QED) is 0.854. The number of hydrogen-bond acceptors (Lipinski definition) is 3. The molecule has 3 heteroatoms. The van der Waals surface area contributed by atoms with Gasteiger partial charge in [-0.05, 0) is 19.5 Å². The van der Waals surface area contributed by atoms with Crippen molar-refractivity contribution in [3.05, 3.63) is 35.9 Å². The van der Waals surface area contributed by atoms with Gasteiger partial charge in [-0.25, -0.2) is 0 Å². The molecule has 1 aliphatic rings. The third-order valence-electron chi connectivity index (χ3n) is 3.40. The third kappa shape index (κ3) is 3.28. The van der Waals surface area contributed by atoms with Crippen molar-refractivity contribution in [3.8, 4) is 0 Å². The van der Waals surface area contributed by atoms with Crippen LogP contribution in [0.25, 0.3) is 0 Å². The van der Waals surface area contributed by atoms with E-state index in [2.05, 4.69) is 54.1 Å². The summed E-state index contributed by atoms with van der Waals surface area (Å²) in [6.07, 6.45) is 0. The Morgan fingerprint density at radius 2 is 2.00 bits per heavy atom. The Bertz CT molecular complexity index is 337. The highest BCUT2D eigenvalue weighted by Crippen LogP contribution is 2.24. The maximum atomic E-state index is 5.94. The summed E-state index contributed by atoms with van der Waals surface area (Å²) in [5.74, 6) is 0. The van der Waals surface area contributed by atoms with Crippen LogP contribution in [0.3, 0.4) is 0 Å². The maximum Gasteiger partial charge on any atom is 0.0476 e. The minimum atomic E-state index is 0.240. The molecule has 1 heterocycles. The van der Waals surface area contributed by atoms with Crippen molar-refractivity contribution in [1.82, 2.24) is 9.80 Å². The molecule has 1 aromatic rings. The predicted molar refractivity (Wildman–Crippen MR) is 71.9 cm³/mol. The second kappa shape index (κ2) is 5.63. The number of rotatable bonds is 3. The van der Waals surface area contributed by atoms with Crippen LogP contribution in [0.2, 0.25) is 0 Å². The van der Waals surface area contributed by atoms with Crippen LogP contribution in [0.1, 0.15) is 18.5 Å². The lowest BCUT2D eigenvalue weighted by Crippen LogP contribution is -2.49. The summed E-state index contributed by atoms with van der Waals surface area (Å²) < 4.78 is 0. The van der Waals surface area contributed by atoms with Gasteiger partial charge >= 0.3 is 0 Å². The van der Waals surface area contributed by atoms with Crippen molar-refractivity contribution in [2.75, 3.05) is 33.2 Å². The summed E-state index contributed by atoms with van der Waals surface area (Å²) >= 11 is 0. The van der Waals surface area contributed by atoms with E-state index >= 15 is 0 Å². The minimum Gasteiger partial charge on any atom is -0.327 e. The van der Waals surface area contributed by atoms with E-state index in [1.54, 1.807) is 0 Å². The number of piperazine rings is 1. The largest absolute Gasteiger partial charge is 0.327 e. The molecule has 1 aliphatic heterocycles. The van der Waals surface area contributed by atoms with Crippen molar-refractivity contribution >= 4 is 0 Å². The molecule has 0 aromatic heterocycles. The molecule has 2 rings (SSSR count). The number of likely N-dealkylation sites (N-methyl/N-ethyl adjacent to an activating group) is 1. The number of nitrogens with zero attached hydrogens (tertiary/aromatic N) is 2. The summed E-state index contributed by atoms with van der Waals surface area (Å²) in [5, 5.41) is 0. The summed E-state index contributed by atoms with van der Waals surface area (Å²) in [5.41, 5.74) is 7.35. The van der Waals surface area contributed by atoms with E-state index in [-0.39, 0.29) is 6.04 Å².